The summed E-state index contributed by atoms with van der Waals surface area (Å²) in [6, 6.07) is 8.76. The Bertz CT molecular complexity index is 938. The summed E-state index contributed by atoms with van der Waals surface area (Å²) < 4.78 is 7.38. The van der Waals surface area contributed by atoms with Crippen LogP contribution in [0.3, 0.4) is 0 Å². The van der Waals surface area contributed by atoms with E-state index in [1.807, 2.05) is 57.5 Å². The molecule has 1 aromatic carbocycles. The zero-order valence-corrected chi connectivity index (χ0v) is 20.6. The molecular weight excluding hydrogens is 406 g/mol. The number of para-hydroxylation sites is 2. The standard InChI is InChI=1S/C24H37N5O3/c1-9-28(22(31)25-17-13-11-12-14-18(17)32-10-2)16-21(30)26-20-15-19(23(3,4)5)27-29(20)24(6,7)8/h11-15H,9-10,16H2,1-8H3,(H,25,31)(H,26,30). The summed E-state index contributed by atoms with van der Waals surface area (Å²) in [6.45, 7) is 16.8. The molecule has 0 atom stereocenters. The molecule has 0 aliphatic carbocycles. The normalized spacial score (nSPS) is 11.8. The first-order valence-corrected chi connectivity index (χ1v) is 11.1. The Kier molecular flexibility index (Phi) is 7.93. The largest absolute Gasteiger partial charge is 0.492 e. The summed E-state index contributed by atoms with van der Waals surface area (Å²) in [5.41, 5.74) is 0.995. The fourth-order valence-electron chi connectivity index (χ4n) is 3.08. The molecule has 0 aliphatic heterocycles. The smallest absolute Gasteiger partial charge is 0.322 e. The Hall–Kier alpha value is -3.03. The number of hydrogen-bond acceptors (Lipinski definition) is 4. The number of ether oxygens (including phenoxy) is 1. The van der Waals surface area contributed by atoms with Gasteiger partial charge in [0.2, 0.25) is 5.91 Å². The Balaban J connectivity index is 2.14. The molecule has 8 heteroatoms. The summed E-state index contributed by atoms with van der Waals surface area (Å²) in [5, 5.41) is 10.5. The number of nitrogens with zero attached hydrogens (tertiary/aromatic N) is 3. The van der Waals surface area contributed by atoms with Gasteiger partial charge in [0.15, 0.2) is 0 Å². The fourth-order valence-corrected chi connectivity index (χ4v) is 3.08. The number of anilines is 2. The van der Waals surface area contributed by atoms with Crippen molar-refractivity contribution in [2.45, 2.75) is 66.3 Å². The molecule has 2 N–H and O–H groups in total. The van der Waals surface area contributed by atoms with Gasteiger partial charge in [0.05, 0.1) is 23.5 Å². The maximum absolute atomic E-state index is 12.8. The number of rotatable bonds is 7. The third kappa shape index (κ3) is 6.48. The van der Waals surface area contributed by atoms with Crippen LogP contribution in [0, 0.1) is 0 Å². The lowest BCUT2D eigenvalue weighted by molar-refractivity contribution is -0.116. The third-order valence-electron chi connectivity index (χ3n) is 4.81. The van der Waals surface area contributed by atoms with E-state index in [4.69, 9.17) is 9.84 Å². The molecule has 0 bridgehead atoms. The van der Waals surface area contributed by atoms with Gasteiger partial charge < -0.3 is 20.3 Å². The van der Waals surface area contributed by atoms with Crippen molar-refractivity contribution in [1.82, 2.24) is 14.7 Å². The summed E-state index contributed by atoms with van der Waals surface area (Å²) in [4.78, 5) is 27.1. The van der Waals surface area contributed by atoms with Crippen LogP contribution in [0.25, 0.3) is 0 Å². The molecule has 0 unspecified atom stereocenters. The maximum atomic E-state index is 12.8. The number of nitrogens with one attached hydrogen (secondary N) is 2. The quantitative estimate of drug-likeness (QED) is 0.642. The Labute approximate surface area is 191 Å². The Morgan fingerprint density at radius 2 is 1.72 bits per heavy atom. The van der Waals surface area contributed by atoms with Crippen molar-refractivity contribution < 1.29 is 14.3 Å². The van der Waals surface area contributed by atoms with E-state index in [0.717, 1.165) is 5.69 Å². The summed E-state index contributed by atoms with van der Waals surface area (Å²) in [5.74, 6) is 0.921. The van der Waals surface area contributed by atoms with Crippen molar-refractivity contribution in [3.05, 3.63) is 36.0 Å². The van der Waals surface area contributed by atoms with Crippen LogP contribution in [0.1, 0.15) is 61.1 Å². The molecule has 176 valence electrons. The number of carbonyl (C=O) groups is 2. The highest BCUT2D eigenvalue weighted by Gasteiger charge is 2.26. The van der Waals surface area contributed by atoms with Crippen molar-refractivity contribution >= 4 is 23.4 Å². The van der Waals surface area contributed by atoms with Crippen molar-refractivity contribution in [3.8, 4) is 5.75 Å². The van der Waals surface area contributed by atoms with Gasteiger partial charge in [-0.05, 0) is 46.8 Å². The Morgan fingerprint density at radius 1 is 1.06 bits per heavy atom. The summed E-state index contributed by atoms with van der Waals surface area (Å²) in [6.07, 6.45) is 0. The van der Waals surface area contributed by atoms with Crippen molar-refractivity contribution in [3.63, 3.8) is 0 Å². The van der Waals surface area contributed by atoms with Crippen LogP contribution in [0.5, 0.6) is 5.75 Å². The number of benzene rings is 1. The van der Waals surface area contributed by atoms with Crippen molar-refractivity contribution in [2.75, 3.05) is 30.3 Å². The summed E-state index contributed by atoms with van der Waals surface area (Å²) in [7, 11) is 0. The number of aromatic nitrogens is 2. The predicted octanol–water partition coefficient (Wildman–Crippen LogP) is 4.83. The minimum absolute atomic E-state index is 0.0840. The molecule has 0 fully saturated rings. The highest BCUT2D eigenvalue weighted by atomic mass is 16.5. The van der Waals surface area contributed by atoms with Gasteiger partial charge in [-0.2, -0.15) is 5.10 Å². The van der Waals surface area contributed by atoms with Crippen LogP contribution < -0.4 is 15.4 Å². The zero-order valence-electron chi connectivity index (χ0n) is 20.6. The van der Waals surface area contributed by atoms with Gasteiger partial charge in [0, 0.05) is 18.0 Å². The van der Waals surface area contributed by atoms with Crippen LogP contribution in [0.15, 0.2) is 30.3 Å². The molecule has 32 heavy (non-hydrogen) atoms. The molecule has 3 amide bonds. The number of hydrogen-bond donors (Lipinski definition) is 2. The van der Waals surface area contributed by atoms with Crippen LogP contribution in [0.4, 0.5) is 16.3 Å². The molecule has 0 radical (unpaired) electrons. The molecule has 0 saturated carbocycles. The van der Waals surface area contributed by atoms with E-state index in [2.05, 4.69) is 31.4 Å². The van der Waals surface area contributed by atoms with Gasteiger partial charge >= 0.3 is 6.03 Å². The fraction of sp³-hybridized carbons (Fsp3) is 0.542. The number of urea groups is 1. The lowest BCUT2D eigenvalue weighted by atomic mass is 9.92. The zero-order chi connectivity index (χ0) is 24.1. The van der Waals surface area contributed by atoms with E-state index >= 15 is 0 Å². The van der Waals surface area contributed by atoms with Gasteiger partial charge in [-0.25, -0.2) is 9.48 Å². The second-order valence-corrected chi connectivity index (χ2v) is 9.67. The second kappa shape index (κ2) is 10.1. The topological polar surface area (TPSA) is 88.5 Å². The SMILES string of the molecule is CCOc1ccccc1NC(=O)N(CC)CC(=O)Nc1cc(C(C)(C)C)nn1C(C)(C)C. The molecule has 2 aromatic rings. The van der Waals surface area contributed by atoms with Gasteiger partial charge in [-0.1, -0.05) is 32.9 Å². The monoisotopic (exact) mass is 443 g/mol. The van der Waals surface area contributed by atoms with Gasteiger partial charge in [-0.15, -0.1) is 0 Å². The molecule has 8 nitrogen and oxygen atoms in total. The first-order valence-electron chi connectivity index (χ1n) is 11.1. The van der Waals surface area contributed by atoms with Crippen molar-refractivity contribution in [2.24, 2.45) is 0 Å². The average Bonchev–Trinajstić information content (AvgIpc) is 3.12. The van der Waals surface area contributed by atoms with Gasteiger partial charge in [0.1, 0.15) is 18.1 Å². The number of carbonyl (C=O) groups excluding carboxylic acids is 2. The van der Waals surface area contributed by atoms with E-state index in [1.54, 1.807) is 12.1 Å². The molecule has 1 aromatic heterocycles. The molecule has 0 saturated heterocycles. The highest BCUT2D eigenvalue weighted by molar-refractivity contribution is 5.97. The Morgan fingerprint density at radius 3 is 2.28 bits per heavy atom. The van der Waals surface area contributed by atoms with Crippen LogP contribution >= 0.6 is 0 Å². The number of likely N-dealkylation sites (N-methyl/N-ethyl adjacent to an activating group) is 1. The van der Waals surface area contributed by atoms with Gasteiger partial charge in [0.25, 0.3) is 0 Å². The molecule has 0 aliphatic rings. The minimum atomic E-state index is -0.366. The molecule has 1 heterocycles. The first kappa shape index (κ1) is 25.2. The van der Waals surface area contributed by atoms with Gasteiger partial charge in [-0.3, -0.25) is 4.79 Å². The molecule has 0 spiro atoms. The molecule has 2 rings (SSSR count). The van der Waals surface area contributed by atoms with E-state index < -0.39 is 0 Å². The van der Waals surface area contributed by atoms with E-state index in [-0.39, 0.29) is 29.4 Å². The van der Waals surface area contributed by atoms with E-state index in [1.165, 1.54) is 4.90 Å². The first-order chi connectivity index (χ1) is 14.9. The van der Waals surface area contributed by atoms with E-state index in [9.17, 15) is 9.59 Å². The van der Waals surface area contributed by atoms with Crippen LogP contribution in [-0.4, -0.2) is 46.3 Å². The minimum Gasteiger partial charge on any atom is -0.492 e. The summed E-state index contributed by atoms with van der Waals surface area (Å²) >= 11 is 0. The van der Waals surface area contributed by atoms with Crippen LogP contribution in [0.2, 0.25) is 0 Å². The van der Waals surface area contributed by atoms with Crippen molar-refractivity contribution in [1.29, 1.82) is 0 Å². The molecular formula is C24H37N5O3. The lowest BCUT2D eigenvalue weighted by Crippen LogP contribution is -2.41. The van der Waals surface area contributed by atoms with E-state index in [0.29, 0.717) is 30.4 Å². The second-order valence-electron chi connectivity index (χ2n) is 9.67. The lowest BCUT2D eigenvalue weighted by Gasteiger charge is -2.24. The predicted molar refractivity (Wildman–Crippen MR) is 128 cm³/mol. The maximum Gasteiger partial charge on any atom is 0.322 e. The number of amides is 3. The highest BCUT2D eigenvalue weighted by Crippen LogP contribution is 2.28. The van der Waals surface area contributed by atoms with Crippen LogP contribution in [-0.2, 0) is 15.7 Å². The third-order valence-corrected chi connectivity index (χ3v) is 4.81. The average molecular weight is 444 g/mol.